The molecular weight excluding hydrogens is 330 g/mol. The molecule has 3 rings (SSSR count). The second kappa shape index (κ2) is 7.77. The van der Waals surface area contributed by atoms with Gasteiger partial charge in [0.2, 0.25) is 5.88 Å². The van der Waals surface area contributed by atoms with Crippen molar-refractivity contribution < 1.29 is 9.53 Å². The monoisotopic (exact) mass is 351 g/mol. The predicted octanol–water partition coefficient (Wildman–Crippen LogP) is 2.77. The Hall–Kier alpha value is -3.22. The van der Waals surface area contributed by atoms with Crippen LogP contribution in [0, 0.1) is 0 Å². The number of amides is 1. The van der Waals surface area contributed by atoms with Crippen LogP contribution in [0.5, 0.6) is 5.88 Å². The van der Waals surface area contributed by atoms with Crippen LogP contribution in [0.1, 0.15) is 35.4 Å². The minimum absolute atomic E-state index is 0.0867. The first-order chi connectivity index (χ1) is 12.6. The molecule has 0 fully saturated rings. The molecule has 1 N–H and O–H groups in total. The van der Waals surface area contributed by atoms with Gasteiger partial charge in [0, 0.05) is 36.6 Å². The number of hydrogen-bond acceptors (Lipinski definition) is 5. The number of rotatable bonds is 6. The topological polar surface area (TPSA) is 81.9 Å². The minimum atomic E-state index is -0.129. The summed E-state index contributed by atoms with van der Waals surface area (Å²) in [6.07, 6.45) is 4.15. The molecule has 134 valence electrons. The maximum absolute atomic E-state index is 12.6. The first-order valence-corrected chi connectivity index (χ1v) is 8.38. The molecule has 0 unspecified atom stereocenters. The molecular formula is C19H21N5O2. The Kier molecular flexibility index (Phi) is 5.26. The molecule has 0 saturated carbocycles. The van der Waals surface area contributed by atoms with Crippen molar-refractivity contribution in [2.75, 3.05) is 7.11 Å². The average molecular weight is 351 g/mol. The molecule has 0 spiro atoms. The highest BCUT2D eigenvalue weighted by Crippen LogP contribution is 2.19. The third-order valence-corrected chi connectivity index (χ3v) is 4.17. The molecule has 0 aliphatic carbocycles. The van der Waals surface area contributed by atoms with Crippen LogP contribution in [0.15, 0.2) is 48.8 Å². The summed E-state index contributed by atoms with van der Waals surface area (Å²) in [6, 6.07) is 10.7. The molecule has 7 heteroatoms. The third-order valence-electron chi connectivity index (χ3n) is 4.17. The van der Waals surface area contributed by atoms with Gasteiger partial charge >= 0.3 is 0 Å². The van der Waals surface area contributed by atoms with E-state index in [-0.39, 0.29) is 11.9 Å². The van der Waals surface area contributed by atoms with Gasteiger partial charge in [-0.2, -0.15) is 10.1 Å². The minimum Gasteiger partial charge on any atom is -0.481 e. The molecule has 26 heavy (non-hydrogen) atoms. The lowest BCUT2D eigenvalue weighted by atomic mass is 10.1. The summed E-state index contributed by atoms with van der Waals surface area (Å²) < 4.78 is 6.89. The van der Waals surface area contributed by atoms with Gasteiger partial charge in [0.15, 0.2) is 5.82 Å². The molecule has 0 bridgehead atoms. The van der Waals surface area contributed by atoms with Gasteiger partial charge < -0.3 is 10.1 Å². The fourth-order valence-electron chi connectivity index (χ4n) is 2.72. The van der Waals surface area contributed by atoms with Crippen molar-refractivity contribution in [1.82, 2.24) is 25.1 Å². The summed E-state index contributed by atoms with van der Waals surface area (Å²) >= 11 is 0. The summed E-state index contributed by atoms with van der Waals surface area (Å²) in [5.41, 5.74) is 2.37. The number of ether oxygens (including phenoxy) is 1. The van der Waals surface area contributed by atoms with E-state index in [0.717, 1.165) is 17.7 Å². The Balaban J connectivity index is 1.75. The Bertz CT molecular complexity index is 889. The van der Waals surface area contributed by atoms with E-state index >= 15 is 0 Å². The van der Waals surface area contributed by atoms with Crippen molar-refractivity contribution in [2.24, 2.45) is 7.05 Å². The molecule has 0 aliphatic heterocycles. The molecule has 1 amide bonds. The van der Waals surface area contributed by atoms with Crippen molar-refractivity contribution >= 4 is 5.91 Å². The van der Waals surface area contributed by atoms with Crippen LogP contribution in [-0.4, -0.2) is 32.8 Å². The molecule has 0 radical (unpaired) electrons. The zero-order valence-corrected chi connectivity index (χ0v) is 15.0. The highest BCUT2D eigenvalue weighted by atomic mass is 16.5. The number of methoxy groups -OCH3 is 1. The lowest BCUT2D eigenvalue weighted by molar-refractivity contribution is 0.0934. The van der Waals surface area contributed by atoms with E-state index in [1.54, 1.807) is 42.4 Å². The van der Waals surface area contributed by atoms with Crippen LogP contribution in [0.25, 0.3) is 11.4 Å². The summed E-state index contributed by atoms with van der Waals surface area (Å²) in [7, 11) is 3.43. The lowest BCUT2D eigenvalue weighted by Crippen LogP contribution is -2.29. The third kappa shape index (κ3) is 3.72. The first kappa shape index (κ1) is 17.6. The van der Waals surface area contributed by atoms with Crippen molar-refractivity contribution in [3.63, 3.8) is 0 Å². The van der Waals surface area contributed by atoms with E-state index in [1.165, 1.54) is 0 Å². The lowest BCUT2D eigenvalue weighted by Gasteiger charge is -2.17. The van der Waals surface area contributed by atoms with Gasteiger partial charge in [0.25, 0.3) is 5.91 Å². The molecule has 0 saturated heterocycles. The Labute approximate surface area is 152 Å². The van der Waals surface area contributed by atoms with Crippen molar-refractivity contribution in [2.45, 2.75) is 19.4 Å². The number of benzene rings is 1. The summed E-state index contributed by atoms with van der Waals surface area (Å²) in [5, 5.41) is 7.22. The van der Waals surface area contributed by atoms with Gasteiger partial charge in [-0.15, -0.1) is 0 Å². The predicted molar refractivity (Wildman–Crippen MR) is 97.7 cm³/mol. The van der Waals surface area contributed by atoms with Gasteiger partial charge in [-0.1, -0.05) is 19.1 Å². The largest absolute Gasteiger partial charge is 0.481 e. The summed E-state index contributed by atoms with van der Waals surface area (Å²) in [5.74, 6) is 0.924. The summed E-state index contributed by atoms with van der Waals surface area (Å²) in [6.45, 7) is 2.03. The van der Waals surface area contributed by atoms with E-state index in [2.05, 4.69) is 20.4 Å². The SMILES string of the molecule is CC[C@@H](NC(=O)c1ccc(-c2nccc(OC)n2)cc1)c1ccnn1C. The Morgan fingerprint density at radius 2 is 1.96 bits per heavy atom. The smallest absolute Gasteiger partial charge is 0.251 e. The quantitative estimate of drug-likeness (QED) is 0.738. The van der Waals surface area contributed by atoms with Crippen molar-refractivity contribution in [3.8, 4) is 17.3 Å². The molecule has 1 atom stereocenters. The van der Waals surface area contributed by atoms with E-state index in [0.29, 0.717) is 17.3 Å². The molecule has 7 nitrogen and oxygen atoms in total. The number of carbonyl (C=O) groups excluding carboxylic acids is 1. The van der Waals surface area contributed by atoms with E-state index in [9.17, 15) is 4.79 Å². The summed E-state index contributed by atoms with van der Waals surface area (Å²) in [4.78, 5) is 21.1. The van der Waals surface area contributed by atoms with Crippen LogP contribution < -0.4 is 10.1 Å². The maximum Gasteiger partial charge on any atom is 0.251 e. The van der Waals surface area contributed by atoms with Crippen LogP contribution in [0.2, 0.25) is 0 Å². The van der Waals surface area contributed by atoms with Gasteiger partial charge in [-0.3, -0.25) is 9.48 Å². The maximum atomic E-state index is 12.6. The first-order valence-electron chi connectivity index (χ1n) is 8.38. The molecule has 2 aromatic heterocycles. The number of aryl methyl sites for hydroxylation is 1. The van der Waals surface area contributed by atoms with Crippen LogP contribution in [0.3, 0.4) is 0 Å². The Morgan fingerprint density at radius 3 is 2.58 bits per heavy atom. The van der Waals surface area contributed by atoms with Gasteiger partial charge in [-0.25, -0.2) is 4.98 Å². The second-order valence-corrected chi connectivity index (χ2v) is 5.81. The molecule has 2 heterocycles. The van der Waals surface area contributed by atoms with Gasteiger partial charge in [0.05, 0.1) is 18.8 Å². The van der Waals surface area contributed by atoms with E-state index in [4.69, 9.17) is 4.74 Å². The normalized spacial score (nSPS) is 11.8. The second-order valence-electron chi connectivity index (χ2n) is 5.81. The highest BCUT2D eigenvalue weighted by molar-refractivity contribution is 5.94. The van der Waals surface area contributed by atoms with Crippen LogP contribution >= 0.6 is 0 Å². The zero-order valence-electron chi connectivity index (χ0n) is 15.0. The number of nitrogens with one attached hydrogen (secondary N) is 1. The van der Waals surface area contributed by atoms with Gasteiger partial charge in [0.1, 0.15) is 0 Å². The zero-order chi connectivity index (χ0) is 18.5. The molecule has 1 aromatic carbocycles. The highest BCUT2D eigenvalue weighted by Gasteiger charge is 2.17. The average Bonchev–Trinajstić information content (AvgIpc) is 3.12. The van der Waals surface area contributed by atoms with E-state index < -0.39 is 0 Å². The van der Waals surface area contributed by atoms with Crippen LogP contribution in [0.4, 0.5) is 0 Å². The molecule has 3 aromatic rings. The van der Waals surface area contributed by atoms with Gasteiger partial charge in [-0.05, 0) is 24.6 Å². The number of nitrogens with zero attached hydrogens (tertiary/aromatic N) is 4. The molecule has 0 aliphatic rings. The number of hydrogen-bond donors (Lipinski definition) is 1. The number of aromatic nitrogens is 4. The fraction of sp³-hybridized carbons (Fsp3) is 0.263. The standard InChI is InChI=1S/C19H21N5O2/c1-4-15(16-9-12-21-24(16)2)22-19(25)14-7-5-13(6-8-14)18-20-11-10-17(23-18)26-3/h5-12,15H,4H2,1-3H3,(H,22,25)/t15-/m1/s1. The number of carbonyl (C=O) groups is 1. The van der Waals surface area contributed by atoms with Crippen molar-refractivity contribution in [3.05, 3.63) is 60.0 Å². The van der Waals surface area contributed by atoms with E-state index in [1.807, 2.05) is 32.2 Å². The van der Waals surface area contributed by atoms with Crippen molar-refractivity contribution in [1.29, 1.82) is 0 Å². The van der Waals surface area contributed by atoms with Crippen LogP contribution in [-0.2, 0) is 7.05 Å². The Morgan fingerprint density at radius 1 is 1.19 bits per heavy atom. The fourth-order valence-corrected chi connectivity index (χ4v) is 2.72.